The van der Waals surface area contributed by atoms with Crippen molar-refractivity contribution in [3.05, 3.63) is 17.3 Å². The van der Waals surface area contributed by atoms with Gasteiger partial charge in [-0.25, -0.2) is 9.97 Å². The standard InChI is InChI=1S/C17H23N3OS/c1-2-13-10-14-16(18-11-19-17(14)22-13)20-7-5-12(6-8-20)15-4-3-9-21-15/h10-12,15H,2-9H2,1H3. The number of piperidine rings is 1. The van der Waals surface area contributed by atoms with E-state index in [0.29, 0.717) is 6.10 Å². The molecule has 2 aromatic heterocycles. The lowest BCUT2D eigenvalue weighted by Crippen LogP contribution is -2.38. The summed E-state index contributed by atoms with van der Waals surface area (Å²) in [6.45, 7) is 5.35. The van der Waals surface area contributed by atoms with Crippen LogP contribution in [0.3, 0.4) is 0 Å². The summed E-state index contributed by atoms with van der Waals surface area (Å²) in [7, 11) is 0. The fourth-order valence-corrected chi connectivity index (χ4v) is 4.71. The SMILES string of the molecule is CCc1cc2c(N3CCC(C4CCCO4)CC3)ncnc2s1. The van der Waals surface area contributed by atoms with Crippen molar-refractivity contribution >= 4 is 27.4 Å². The Bertz CT molecular complexity index is 642. The Labute approximate surface area is 135 Å². The van der Waals surface area contributed by atoms with Gasteiger partial charge in [0.05, 0.1) is 11.5 Å². The molecule has 2 fully saturated rings. The van der Waals surface area contributed by atoms with Gasteiger partial charge in [0.2, 0.25) is 0 Å². The normalized spacial score (nSPS) is 23.5. The number of aryl methyl sites for hydroxylation is 1. The highest BCUT2D eigenvalue weighted by molar-refractivity contribution is 7.18. The molecule has 2 aliphatic rings. The molecule has 0 N–H and O–H groups in total. The van der Waals surface area contributed by atoms with Gasteiger partial charge in [-0.15, -0.1) is 11.3 Å². The molecule has 1 atom stereocenters. The second-order valence-electron chi connectivity index (χ2n) is 6.36. The molecule has 1 unspecified atom stereocenters. The molecular weight excluding hydrogens is 294 g/mol. The Morgan fingerprint density at radius 2 is 2.14 bits per heavy atom. The van der Waals surface area contributed by atoms with Crippen LogP contribution < -0.4 is 4.90 Å². The van der Waals surface area contributed by atoms with Gasteiger partial charge in [0.1, 0.15) is 17.0 Å². The smallest absolute Gasteiger partial charge is 0.140 e. The molecule has 0 amide bonds. The van der Waals surface area contributed by atoms with Gasteiger partial charge in [-0.3, -0.25) is 0 Å². The molecule has 4 heterocycles. The third kappa shape index (κ3) is 2.61. The predicted octanol–water partition coefficient (Wildman–Crippen LogP) is 3.65. The Kier molecular flexibility index (Phi) is 4.01. The molecule has 2 aromatic rings. The van der Waals surface area contributed by atoms with E-state index in [1.54, 1.807) is 17.7 Å². The van der Waals surface area contributed by atoms with Crippen molar-refractivity contribution in [3.8, 4) is 0 Å². The summed E-state index contributed by atoms with van der Waals surface area (Å²) in [5.41, 5.74) is 0. The Morgan fingerprint density at radius 1 is 1.27 bits per heavy atom. The number of hydrogen-bond donors (Lipinski definition) is 0. The highest BCUT2D eigenvalue weighted by Gasteiger charge is 2.30. The minimum atomic E-state index is 0.514. The average Bonchev–Trinajstić information content (AvgIpc) is 3.23. The fourth-order valence-electron chi connectivity index (χ4n) is 3.78. The minimum Gasteiger partial charge on any atom is -0.378 e. The van der Waals surface area contributed by atoms with Crippen LogP contribution in [-0.4, -0.2) is 35.8 Å². The van der Waals surface area contributed by atoms with E-state index >= 15 is 0 Å². The van der Waals surface area contributed by atoms with Crippen LogP contribution in [0.1, 0.15) is 37.5 Å². The number of rotatable bonds is 3. The summed E-state index contributed by atoms with van der Waals surface area (Å²) in [5, 5.41) is 1.24. The number of anilines is 1. The zero-order valence-corrected chi connectivity index (χ0v) is 13.9. The van der Waals surface area contributed by atoms with Crippen LogP contribution in [0.25, 0.3) is 10.2 Å². The van der Waals surface area contributed by atoms with Gasteiger partial charge in [-0.2, -0.15) is 0 Å². The predicted molar refractivity (Wildman–Crippen MR) is 90.7 cm³/mol. The van der Waals surface area contributed by atoms with Crippen molar-refractivity contribution in [3.63, 3.8) is 0 Å². The van der Waals surface area contributed by atoms with Crippen molar-refractivity contribution in [2.24, 2.45) is 5.92 Å². The van der Waals surface area contributed by atoms with Crippen LogP contribution in [0.5, 0.6) is 0 Å². The summed E-state index contributed by atoms with van der Waals surface area (Å²) < 4.78 is 5.88. The van der Waals surface area contributed by atoms with Gasteiger partial charge in [0.15, 0.2) is 0 Å². The summed E-state index contributed by atoms with van der Waals surface area (Å²) in [6.07, 6.45) is 8.25. The zero-order chi connectivity index (χ0) is 14.9. The first-order valence-electron chi connectivity index (χ1n) is 8.45. The molecule has 0 saturated carbocycles. The number of aromatic nitrogens is 2. The first kappa shape index (κ1) is 14.4. The highest BCUT2D eigenvalue weighted by Crippen LogP contribution is 2.34. The Hall–Kier alpha value is -1.20. The van der Waals surface area contributed by atoms with Crippen LogP contribution in [0.2, 0.25) is 0 Å². The summed E-state index contributed by atoms with van der Waals surface area (Å²) in [6, 6.07) is 2.28. The van der Waals surface area contributed by atoms with E-state index in [4.69, 9.17) is 4.74 Å². The van der Waals surface area contributed by atoms with E-state index < -0.39 is 0 Å². The van der Waals surface area contributed by atoms with Crippen LogP contribution >= 0.6 is 11.3 Å². The molecule has 118 valence electrons. The number of thiophene rings is 1. The summed E-state index contributed by atoms with van der Waals surface area (Å²) in [4.78, 5) is 14.0. The van der Waals surface area contributed by atoms with E-state index in [9.17, 15) is 0 Å². The summed E-state index contributed by atoms with van der Waals surface area (Å²) in [5.74, 6) is 1.87. The molecule has 2 aliphatic heterocycles. The maximum Gasteiger partial charge on any atom is 0.140 e. The topological polar surface area (TPSA) is 38.2 Å². The summed E-state index contributed by atoms with van der Waals surface area (Å²) >= 11 is 1.80. The minimum absolute atomic E-state index is 0.514. The molecule has 4 nitrogen and oxygen atoms in total. The van der Waals surface area contributed by atoms with Crippen LogP contribution in [0.15, 0.2) is 12.4 Å². The maximum absolute atomic E-state index is 5.88. The number of hydrogen-bond acceptors (Lipinski definition) is 5. The van der Waals surface area contributed by atoms with Gasteiger partial charge in [0, 0.05) is 24.6 Å². The van der Waals surface area contributed by atoms with Crippen LogP contribution in [-0.2, 0) is 11.2 Å². The molecule has 0 aromatic carbocycles. The molecule has 0 aliphatic carbocycles. The Balaban J connectivity index is 1.52. The second kappa shape index (κ2) is 6.13. The quantitative estimate of drug-likeness (QED) is 0.866. The molecule has 5 heteroatoms. The third-order valence-corrected chi connectivity index (χ3v) is 6.23. The lowest BCUT2D eigenvalue weighted by atomic mass is 9.90. The van der Waals surface area contributed by atoms with Crippen molar-refractivity contribution in [2.75, 3.05) is 24.6 Å². The lowest BCUT2D eigenvalue weighted by Gasteiger charge is -2.35. The van der Waals surface area contributed by atoms with Gasteiger partial charge in [0.25, 0.3) is 0 Å². The van der Waals surface area contributed by atoms with Crippen molar-refractivity contribution in [1.82, 2.24) is 9.97 Å². The van der Waals surface area contributed by atoms with Crippen LogP contribution in [0, 0.1) is 5.92 Å². The van der Waals surface area contributed by atoms with Crippen molar-refractivity contribution in [2.45, 2.75) is 45.1 Å². The number of nitrogens with zero attached hydrogens (tertiary/aromatic N) is 3. The van der Waals surface area contributed by atoms with Crippen LogP contribution in [0.4, 0.5) is 5.82 Å². The monoisotopic (exact) mass is 317 g/mol. The van der Waals surface area contributed by atoms with E-state index in [0.717, 1.165) is 42.7 Å². The molecule has 0 spiro atoms. The fraction of sp³-hybridized carbons (Fsp3) is 0.647. The average molecular weight is 317 g/mol. The van der Waals surface area contributed by atoms with E-state index in [1.807, 2.05) is 0 Å². The molecule has 2 saturated heterocycles. The van der Waals surface area contributed by atoms with Gasteiger partial charge >= 0.3 is 0 Å². The number of ether oxygens (including phenoxy) is 1. The number of fused-ring (bicyclic) bond motifs is 1. The van der Waals surface area contributed by atoms with Crippen molar-refractivity contribution in [1.29, 1.82) is 0 Å². The van der Waals surface area contributed by atoms with Crippen molar-refractivity contribution < 1.29 is 4.74 Å². The third-order valence-electron chi connectivity index (χ3n) is 5.04. The molecule has 0 radical (unpaired) electrons. The first-order valence-corrected chi connectivity index (χ1v) is 9.26. The van der Waals surface area contributed by atoms with E-state index in [-0.39, 0.29) is 0 Å². The molecule has 0 bridgehead atoms. The first-order chi connectivity index (χ1) is 10.8. The van der Waals surface area contributed by atoms with Gasteiger partial charge in [-0.05, 0) is 44.1 Å². The zero-order valence-electron chi connectivity index (χ0n) is 13.1. The highest BCUT2D eigenvalue weighted by atomic mass is 32.1. The maximum atomic E-state index is 5.88. The molecular formula is C17H23N3OS. The Morgan fingerprint density at radius 3 is 2.86 bits per heavy atom. The van der Waals surface area contributed by atoms with Gasteiger partial charge < -0.3 is 9.64 Å². The van der Waals surface area contributed by atoms with E-state index in [1.165, 1.54) is 35.9 Å². The molecule has 4 rings (SSSR count). The second-order valence-corrected chi connectivity index (χ2v) is 7.47. The van der Waals surface area contributed by atoms with E-state index in [2.05, 4.69) is 27.9 Å². The lowest BCUT2D eigenvalue weighted by molar-refractivity contribution is 0.0531. The van der Waals surface area contributed by atoms with Gasteiger partial charge in [-0.1, -0.05) is 6.92 Å². The largest absolute Gasteiger partial charge is 0.378 e. The molecule has 22 heavy (non-hydrogen) atoms.